The van der Waals surface area contributed by atoms with Crippen molar-refractivity contribution in [3.8, 4) is 0 Å². The summed E-state index contributed by atoms with van der Waals surface area (Å²) in [6, 6.07) is 11.2. The first-order valence-electron chi connectivity index (χ1n) is 8.28. The molecule has 3 atom stereocenters. The molecule has 3 unspecified atom stereocenters. The molecule has 1 aliphatic heterocycles. The number of ether oxygens (including phenoxy) is 1. The van der Waals surface area contributed by atoms with Gasteiger partial charge in [0.25, 0.3) is 0 Å². The fourth-order valence-electron chi connectivity index (χ4n) is 3.14. The molecule has 0 bridgehead atoms. The second-order valence-electron chi connectivity index (χ2n) is 6.67. The van der Waals surface area contributed by atoms with Gasteiger partial charge in [0.15, 0.2) is 0 Å². The number of benzene rings is 1. The standard InChI is InChI=1S/C18H30N2O2/c1-14(2)18(13-22-3)19-10-16-9-17(21)12-20(16)11-15-7-5-4-6-8-15/h4-8,14,16-19,21H,9-13H2,1-3H3. The molecule has 0 aliphatic carbocycles. The maximum atomic E-state index is 10.0. The first-order chi connectivity index (χ1) is 10.6. The van der Waals surface area contributed by atoms with Crippen LogP contribution in [-0.4, -0.2) is 55.0 Å². The average Bonchev–Trinajstić information content (AvgIpc) is 2.84. The highest BCUT2D eigenvalue weighted by molar-refractivity contribution is 5.15. The van der Waals surface area contributed by atoms with Gasteiger partial charge in [0.2, 0.25) is 0 Å². The highest BCUT2D eigenvalue weighted by Crippen LogP contribution is 2.20. The lowest BCUT2D eigenvalue weighted by Gasteiger charge is -2.28. The zero-order valence-electron chi connectivity index (χ0n) is 14.0. The van der Waals surface area contributed by atoms with E-state index >= 15 is 0 Å². The molecule has 0 radical (unpaired) electrons. The third-order valence-electron chi connectivity index (χ3n) is 4.50. The molecule has 1 fully saturated rings. The van der Waals surface area contributed by atoms with Gasteiger partial charge in [-0.3, -0.25) is 4.90 Å². The highest BCUT2D eigenvalue weighted by Gasteiger charge is 2.31. The van der Waals surface area contributed by atoms with Gasteiger partial charge >= 0.3 is 0 Å². The summed E-state index contributed by atoms with van der Waals surface area (Å²) >= 11 is 0. The maximum absolute atomic E-state index is 10.0. The average molecular weight is 306 g/mol. The number of aliphatic hydroxyl groups excluding tert-OH is 1. The molecule has 124 valence electrons. The minimum Gasteiger partial charge on any atom is -0.392 e. The van der Waals surface area contributed by atoms with E-state index in [1.54, 1.807) is 7.11 Å². The molecule has 1 aromatic carbocycles. The first kappa shape index (κ1) is 17.4. The van der Waals surface area contributed by atoms with Crippen LogP contribution in [0.2, 0.25) is 0 Å². The fraction of sp³-hybridized carbons (Fsp3) is 0.667. The summed E-state index contributed by atoms with van der Waals surface area (Å²) < 4.78 is 5.30. The second kappa shape index (κ2) is 8.63. The zero-order valence-corrected chi connectivity index (χ0v) is 14.0. The lowest BCUT2D eigenvalue weighted by Crippen LogP contribution is -2.45. The third-order valence-corrected chi connectivity index (χ3v) is 4.50. The predicted octanol–water partition coefficient (Wildman–Crippen LogP) is 1.88. The van der Waals surface area contributed by atoms with E-state index in [2.05, 4.69) is 48.3 Å². The Kier molecular flexibility index (Phi) is 6.83. The normalized spacial score (nSPS) is 24.0. The Bertz CT molecular complexity index is 424. The molecule has 1 saturated heterocycles. The summed E-state index contributed by atoms with van der Waals surface area (Å²) in [5, 5.41) is 13.7. The van der Waals surface area contributed by atoms with Crippen LogP contribution in [-0.2, 0) is 11.3 Å². The molecule has 0 aromatic heterocycles. The van der Waals surface area contributed by atoms with Gasteiger partial charge in [0, 0.05) is 38.8 Å². The highest BCUT2D eigenvalue weighted by atomic mass is 16.5. The number of nitrogens with zero attached hydrogens (tertiary/aromatic N) is 1. The number of nitrogens with one attached hydrogen (secondary N) is 1. The van der Waals surface area contributed by atoms with E-state index in [-0.39, 0.29) is 6.10 Å². The van der Waals surface area contributed by atoms with E-state index in [0.717, 1.165) is 32.7 Å². The second-order valence-corrected chi connectivity index (χ2v) is 6.67. The molecule has 0 saturated carbocycles. The van der Waals surface area contributed by atoms with Gasteiger partial charge < -0.3 is 15.2 Å². The van der Waals surface area contributed by atoms with Gasteiger partial charge in [0.05, 0.1) is 12.7 Å². The molecule has 1 aromatic rings. The first-order valence-corrected chi connectivity index (χ1v) is 8.28. The van der Waals surface area contributed by atoms with E-state index in [1.807, 2.05) is 6.07 Å². The topological polar surface area (TPSA) is 44.7 Å². The van der Waals surface area contributed by atoms with Crippen LogP contribution in [0.4, 0.5) is 0 Å². The maximum Gasteiger partial charge on any atom is 0.0682 e. The molecule has 2 rings (SSSR count). The van der Waals surface area contributed by atoms with Crippen molar-refractivity contribution in [1.29, 1.82) is 0 Å². The molecule has 2 N–H and O–H groups in total. The Hall–Kier alpha value is -0.940. The van der Waals surface area contributed by atoms with E-state index < -0.39 is 0 Å². The van der Waals surface area contributed by atoms with Crippen molar-refractivity contribution in [2.75, 3.05) is 26.8 Å². The van der Waals surface area contributed by atoms with Crippen LogP contribution in [0.15, 0.2) is 30.3 Å². The summed E-state index contributed by atoms with van der Waals surface area (Å²) in [6.07, 6.45) is 0.632. The van der Waals surface area contributed by atoms with E-state index in [1.165, 1.54) is 5.56 Å². The van der Waals surface area contributed by atoms with Crippen LogP contribution in [0.5, 0.6) is 0 Å². The van der Waals surface area contributed by atoms with Gasteiger partial charge in [0.1, 0.15) is 0 Å². The predicted molar refractivity (Wildman–Crippen MR) is 89.8 cm³/mol. The minimum absolute atomic E-state index is 0.213. The van der Waals surface area contributed by atoms with Crippen LogP contribution in [0.25, 0.3) is 0 Å². The molecular weight excluding hydrogens is 276 g/mol. The lowest BCUT2D eigenvalue weighted by atomic mass is 10.0. The molecule has 0 amide bonds. The van der Waals surface area contributed by atoms with Crippen molar-refractivity contribution in [3.05, 3.63) is 35.9 Å². The van der Waals surface area contributed by atoms with Crippen LogP contribution in [0.3, 0.4) is 0 Å². The van der Waals surface area contributed by atoms with Crippen molar-refractivity contribution in [1.82, 2.24) is 10.2 Å². The third kappa shape index (κ3) is 5.06. The van der Waals surface area contributed by atoms with Gasteiger partial charge in [-0.2, -0.15) is 0 Å². The molecular formula is C18H30N2O2. The van der Waals surface area contributed by atoms with E-state index in [0.29, 0.717) is 18.0 Å². The van der Waals surface area contributed by atoms with Crippen molar-refractivity contribution in [3.63, 3.8) is 0 Å². The summed E-state index contributed by atoms with van der Waals surface area (Å²) in [5.41, 5.74) is 1.30. The molecule has 1 heterocycles. The van der Waals surface area contributed by atoms with Crippen molar-refractivity contribution in [2.24, 2.45) is 5.92 Å². The Balaban J connectivity index is 1.90. The molecule has 4 heteroatoms. The smallest absolute Gasteiger partial charge is 0.0682 e. The van der Waals surface area contributed by atoms with Crippen molar-refractivity contribution >= 4 is 0 Å². The Morgan fingerprint density at radius 1 is 1.32 bits per heavy atom. The number of hydrogen-bond acceptors (Lipinski definition) is 4. The quantitative estimate of drug-likeness (QED) is 0.770. The van der Waals surface area contributed by atoms with Crippen molar-refractivity contribution < 1.29 is 9.84 Å². The lowest BCUT2D eigenvalue weighted by molar-refractivity contribution is 0.139. The molecule has 1 aliphatic rings. The Morgan fingerprint density at radius 3 is 2.68 bits per heavy atom. The van der Waals surface area contributed by atoms with E-state index in [9.17, 15) is 5.11 Å². The largest absolute Gasteiger partial charge is 0.392 e. The van der Waals surface area contributed by atoms with Gasteiger partial charge in [-0.05, 0) is 17.9 Å². The number of likely N-dealkylation sites (tertiary alicyclic amines) is 1. The number of hydrogen-bond donors (Lipinski definition) is 2. The van der Waals surface area contributed by atoms with Crippen molar-refractivity contribution in [2.45, 2.75) is 45.0 Å². The summed E-state index contributed by atoms with van der Waals surface area (Å²) in [6.45, 7) is 7.71. The van der Waals surface area contributed by atoms with E-state index in [4.69, 9.17) is 4.74 Å². The molecule has 22 heavy (non-hydrogen) atoms. The van der Waals surface area contributed by atoms with Crippen LogP contribution in [0, 0.1) is 5.92 Å². The SMILES string of the molecule is COCC(NCC1CC(O)CN1Cc1ccccc1)C(C)C. The Labute approximate surface area is 134 Å². The number of methoxy groups -OCH3 is 1. The van der Waals surface area contributed by atoms with Crippen LogP contribution >= 0.6 is 0 Å². The molecule has 4 nitrogen and oxygen atoms in total. The van der Waals surface area contributed by atoms with Crippen LogP contribution < -0.4 is 5.32 Å². The van der Waals surface area contributed by atoms with Gasteiger partial charge in [-0.1, -0.05) is 44.2 Å². The fourth-order valence-corrected chi connectivity index (χ4v) is 3.14. The zero-order chi connectivity index (χ0) is 15.9. The summed E-state index contributed by atoms with van der Waals surface area (Å²) in [5.74, 6) is 0.536. The Morgan fingerprint density at radius 2 is 2.05 bits per heavy atom. The monoisotopic (exact) mass is 306 g/mol. The molecule has 0 spiro atoms. The summed E-state index contributed by atoms with van der Waals surface area (Å²) in [4.78, 5) is 2.39. The number of aliphatic hydroxyl groups is 1. The number of β-amino-alcohol motifs (C(OH)–C–C–N with tert-alkyl or cyclic N) is 1. The van der Waals surface area contributed by atoms with Crippen LogP contribution in [0.1, 0.15) is 25.8 Å². The summed E-state index contributed by atoms with van der Waals surface area (Å²) in [7, 11) is 1.75. The number of rotatable bonds is 8. The minimum atomic E-state index is -0.213. The van der Waals surface area contributed by atoms with Gasteiger partial charge in [-0.25, -0.2) is 0 Å². The van der Waals surface area contributed by atoms with Gasteiger partial charge in [-0.15, -0.1) is 0 Å².